The standard InChI is InChI=1S/C17H13ClN2O/c18-13-8-6-11(7-9-13)14-10-15(14)17-20-19-16(21-17)12-4-2-1-3-5-12/h1-9,14-15H,10H2. The molecule has 0 amide bonds. The Hall–Kier alpha value is -2.13. The molecule has 0 radical (unpaired) electrons. The summed E-state index contributed by atoms with van der Waals surface area (Å²) >= 11 is 5.92. The fraction of sp³-hybridized carbons (Fsp3) is 0.176. The molecule has 2 unspecified atom stereocenters. The van der Waals surface area contributed by atoms with Crippen LogP contribution in [0.4, 0.5) is 0 Å². The van der Waals surface area contributed by atoms with Gasteiger partial charge in [0.1, 0.15) is 0 Å². The third kappa shape index (κ3) is 2.45. The van der Waals surface area contributed by atoms with Crippen molar-refractivity contribution in [2.75, 3.05) is 0 Å². The van der Waals surface area contributed by atoms with Gasteiger partial charge in [-0.3, -0.25) is 0 Å². The first-order valence-electron chi connectivity index (χ1n) is 6.95. The predicted octanol–water partition coefficient (Wildman–Crippen LogP) is 4.66. The SMILES string of the molecule is Clc1ccc(C2CC2c2nnc(-c3ccccc3)o2)cc1. The van der Waals surface area contributed by atoms with Crippen molar-refractivity contribution in [3.8, 4) is 11.5 Å². The van der Waals surface area contributed by atoms with Crippen LogP contribution in [0.5, 0.6) is 0 Å². The lowest BCUT2D eigenvalue weighted by Gasteiger charge is -1.98. The maximum atomic E-state index is 5.92. The van der Waals surface area contributed by atoms with Crippen molar-refractivity contribution < 1.29 is 4.42 Å². The lowest BCUT2D eigenvalue weighted by molar-refractivity contribution is 0.505. The molecular formula is C17H13ClN2O. The highest BCUT2D eigenvalue weighted by Crippen LogP contribution is 2.54. The van der Waals surface area contributed by atoms with Crippen LogP contribution in [0.1, 0.15) is 29.7 Å². The lowest BCUT2D eigenvalue weighted by Crippen LogP contribution is -1.84. The molecule has 4 rings (SSSR count). The molecule has 1 saturated carbocycles. The average molecular weight is 297 g/mol. The first-order valence-corrected chi connectivity index (χ1v) is 7.33. The number of rotatable bonds is 3. The maximum absolute atomic E-state index is 5.92. The number of hydrogen-bond donors (Lipinski definition) is 0. The summed E-state index contributed by atoms with van der Waals surface area (Å²) in [5.74, 6) is 2.11. The smallest absolute Gasteiger partial charge is 0.247 e. The van der Waals surface area contributed by atoms with Gasteiger partial charge in [0.05, 0.1) is 0 Å². The zero-order valence-electron chi connectivity index (χ0n) is 11.2. The fourth-order valence-electron chi connectivity index (χ4n) is 2.63. The molecule has 3 nitrogen and oxygen atoms in total. The van der Waals surface area contributed by atoms with Gasteiger partial charge in [0.2, 0.25) is 11.8 Å². The number of nitrogens with zero attached hydrogens (tertiary/aromatic N) is 2. The van der Waals surface area contributed by atoms with Gasteiger partial charge >= 0.3 is 0 Å². The third-order valence-corrected chi connectivity index (χ3v) is 4.12. The molecule has 0 bridgehead atoms. The normalized spacial score (nSPS) is 20.4. The summed E-state index contributed by atoms with van der Waals surface area (Å²) in [7, 11) is 0. The average Bonchev–Trinajstić information content (AvgIpc) is 3.17. The largest absolute Gasteiger partial charge is 0.420 e. The van der Waals surface area contributed by atoms with E-state index in [1.165, 1.54) is 5.56 Å². The highest BCUT2D eigenvalue weighted by atomic mass is 35.5. The summed E-state index contributed by atoms with van der Waals surface area (Å²) in [5, 5.41) is 9.12. The molecule has 2 aromatic carbocycles. The predicted molar refractivity (Wildman–Crippen MR) is 81.3 cm³/mol. The molecule has 1 aromatic heterocycles. The monoisotopic (exact) mass is 296 g/mol. The molecular weight excluding hydrogens is 284 g/mol. The van der Waals surface area contributed by atoms with Gasteiger partial charge in [0.15, 0.2) is 0 Å². The van der Waals surface area contributed by atoms with Crippen molar-refractivity contribution >= 4 is 11.6 Å². The summed E-state index contributed by atoms with van der Waals surface area (Å²) in [4.78, 5) is 0. The second-order valence-electron chi connectivity index (χ2n) is 5.31. The number of halogens is 1. The van der Waals surface area contributed by atoms with E-state index < -0.39 is 0 Å². The summed E-state index contributed by atoms with van der Waals surface area (Å²) in [6.07, 6.45) is 1.05. The molecule has 0 aliphatic heterocycles. The Kier molecular flexibility index (Phi) is 3.00. The highest BCUT2D eigenvalue weighted by molar-refractivity contribution is 6.30. The Morgan fingerprint density at radius 3 is 2.43 bits per heavy atom. The van der Waals surface area contributed by atoms with E-state index in [-0.39, 0.29) is 0 Å². The molecule has 21 heavy (non-hydrogen) atoms. The van der Waals surface area contributed by atoms with E-state index >= 15 is 0 Å². The van der Waals surface area contributed by atoms with Gasteiger partial charge < -0.3 is 4.42 Å². The Morgan fingerprint density at radius 1 is 0.905 bits per heavy atom. The highest BCUT2D eigenvalue weighted by Gasteiger charge is 2.43. The fourth-order valence-corrected chi connectivity index (χ4v) is 2.75. The topological polar surface area (TPSA) is 38.9 Å². The first kappa shape index (κ1) is 12.6. The molecule has 0 spiro atoms. The van der Waals surface area contributed by atoms with Gasteiger partial charge in [-0.25, -0.2) is 0 Å². The number of hydrogen-bond acceptors (Lipinski definition) is 3. The minimum Gasteiger partial charge on any atom is -0.420 e. The van der Waals surface area contributed by atoms with E-state index in [9.17, 15) is 0 Å². The summed E-state index contributed by atoms with van der Waals surface area (Å²) in [6, 6.07) is 17.8. The van der Waals surface area contributed by atoms with E-state index in [4.69, 9.17) is 16.0 Å². The van der Waals surface area contributed by atoms with Gasteiger partial charge in [-0.15, -0.1) is 10.2 Å². The molecule has 4 heteroatoms. The van der Waals surface area contributed by atoms with Crippen LogP contribution in [-0.4, -0.2) is 10.2 Å². The van der Waals surface area contributed by atoms with E-state index in [1.807, 2.05) is 42.5 Å². The molecule has 0 saturated heterocycles. The number of aromatic nitrogens is 2. The third-order valence-electron chi connectivity index (χ3n) is 3.87. The van der Waals surface area contributed by atoms with Gasteiger partial charge in [-0.05, 0) is 42.2 Å². The van der Waals surface area contributed by atoms with Crippen LogP contribution >= 0.6 is 11.6 Å². The van der Waals surface area contributed by atoms with Gasteiger partial charge in [0, 0.05) is 16.5 Å². The number of benzene rings is 2. The molecule has 104 valence electrons. The molecule has 3 aromatic rings. The second-order valence-corrected chi connectivity index (χ2v) is 5.75. The lowest BCUT2D eigenvalue weighted by atomic mass is 10.1. The van der Waals surface area contributed by atoms with Crippen LogP contribution in [-0.2, 0) is 0 Å². The van der Waals surface area contributed by atoms with E-state index in [1.54, 1.807) is 0 Å². The van der Waals surface area contributed by atoms with E-state index in [2.05, 4.69) is 22.3 Å². The molecule has 1 aliphatic carbocycles. The Labute approximate surface area is 127 Å². The van der Waals surface area contributed by atoms with Crippen LogP contribution in [0.3, 0.4) is 0 Å². The summed E-state index contributed by atoms with van der Waals surface area (Å²) < 4.78 is 5.82. The van der Waals surface area contributed by atoms with Gasteiger partial charge in [-0.2, -0.15) is 0 Å². The van der Waals surface area contributed by atoms with Crippen molar-refractivity contribution in [3.05, 3.63) is 71.1 Å². The van der Waals surface area contributed by atoms with Crippen molar-refractivity contribution in [2.24, 2.45) is 0 Å². The van der Waals surface area contributed by atoms with Crippen LogP contribution in [0, 0.1) is 0 Å². The summed E-state index contributed by atoms with van der Waals surface area (Å²) in [6.45, 7) is 0. The second kappa shape index (κ2) is 5.01. The molecule has 1 heterocycles. The molecule has 1 aliphatic rings. The quantitative estimate of drug-likeness (QED) is 0.705. The van der Waals surface area contributed by atoms with Crippen LogP contribution in [0.25, 0.3) is 11.5 Å². The zero-order chi connectivity index (χ0) is 14.2. The Balaban J connectivity index is 1.54. The van der Waals surface area contributed by atoms with Gasteiger partial charge in [-0.1, -0.05) is 41.9 Å². The molecule has 2 atom stereocenters. The summed E-state index contributed by atoms with van der Waals surface area (Å²) in [5.41, 5.74) is 2.24. The molecule has 1 fully saturated rings. The Bertz CT molecular complexity index is 752. The minimum absolute atomic E-state index is 0.330. The van der Waals surface area contributed by atoms with Crippen molar-refractivity contribution in [3.63, 3.8) is 0 Å². The zero-order valence-corrected chi connectivity index (χ0v) is 12.0. The van der Waals surface area contributed by atoms with Gasteiger partial charge in [0.25, 0.3) is 0 Å². The van der Waals surface area contributed by atoms with E-state index in [0.29, 0.717) is 17.7 Å². The van der Waals surface area contributed by atoms with Crippen LogP contribution in [0.2, 0.25) is 5.02 Å². The first-order chi connectivity index (χ1) is 10.3. The van der Waals surface area contributed by atoms with Crippen molar-refractivity contribution in [2.45, 2.75) is 18.3 Å². The van der Waals surface area contributed by atoms with Crippen LogP contribution < -0.4 is 0 Å². The Morgan fingerprint density at radius 2 is 1.67 bits per heavy atom. The molecule has 0 N–H and O–H groups in total. The van der Waals surface area contributed by atoms with Crippen LogP contribution in [0.15, 0.2) is 59.0 Å². The van der Waals surface area contributed by atoms with E-state index in [0.717, 1.165) is 22.9 Å². The van der Waals surface area contributed by atoms with Crippen molar-refractivity contribution in [1.29, 1.82) is 0 Å². The van der Waals surface area contributed by atoms with Crippen molar-refractivity contribution in [1.82, 2.24) is 10.2 Å². The minimum atomic E-state index is 0.330. The maximum Gasteiger partial charge on any atom is 0.247 e.